The Morgan fingerprint density at radius 2 is 2.11 bits per heavy atom. The summed E-state index contributed by atoms with van der Waals surface area (Å²) in [4.78, 5) is 13.6. The van der Waals surface area contributed by atoms with Crippen LogP contribution in [-0.4, -0.2) is 38.0 Å². The number of rotatable bonds is 4. The van der Waals surface area contributed by atoms with Crippen molar-refractivity contribution >= 4 is 11.7 Å². The standard InChI is InChI=1S/C16H15F3N6O2/c1-10-22-23-14(27-10)9-24(2)15(26)21-12-8-11(16(17,18)19)4-5-13(12)25-7-3-6-20-25/h3-8H,9H2,1-2H3,(H,21,26). The summed E-state index contributed by atoms with van der Waals surface area (Å²) in [5.41, 5.74) is -0.626. The normalized spacial score (nSPS) is 11.4. The number of carbonyl (C=O) groups is 1. The molecular weight excluding hydrogens is 365 g/mol. The Morgan fingerprint density at radius 1 is 1.33 bits per heavy atom. The van der Waals surface area contributed by atoms with Crippen molar-refractivity contribution in [3.63, 3.8) is 0 Å². The van der Waals surface area contributed by atoms with E-state index < -0.39 is 17.8 Å². The molecule has 27 heavy (non-hydrogen) atoms. The zero-order valence-electron chi connectivity index (χ0n) is 14.4. The first-order valence-electron chi connectivity index (χ1n) is 7.76. The van der Waals surface area contributed by atoms with Gasteiger partial charge in [-0.1, -0.05) is 0 Å². The topological polar surface area (TPSA) is 89.1 Å². The molecule has 0 saturated carbocycles. The molecule has 3 aromatic rings. The Hall–Kier alpha value is -3.37. The van der Waals surface area contributed by atoms with Gasteiger partial charge in [-0.3, -0.25) is 0 Å². The Morgan fingerprint density at radius 3 is 2.70 bits per heavy atom. The van der Waals surface area contributed by atoms with E-state index in [1.54, 1.807) is 19.2 Å². The Labute approximate surface area is 151 Å². The summed E-state index contributed by atoms with van der Waals surface area (Å²) in [6, 6.07) is 4.01. The highest BCUT2D eigenvalue weighted by Crippen LogP contribution is 2.33. The molecule has 2 amide bonds. The molecule has 0 atom stereocenters. The molecule has 0 saturated heterocycles. The van der Waals surface area contributed by atoms with E-state index in [1.807, 2.05) is 0 Å². The molecule has 0 bridgehead atoms. The largest absolute Gasteiger partial charge is 0.424 e. The zero-order chi connectivity index (χ0) is 19.6. The highest BCUT2D eigenvalue weighted by Gasteiger charge is 2.31. The molecule has 0 aliphatic carbocycles. The highest BCUT2D eigenvalue weighted by atomic mass is 19.4. The molecule has 3 rings (SSSR count). The average molecular weight is 380 g/mol. The third kappa shape index (κ3) is 4.25. The summed E-state index contributed by atoms with van der Waals surface area (Å²) >= 11 is 0. The second kappa shape index (κ2) is 7.09. The van der Waals surface area contributed by atoms with Crippen LogP contribution in [0, 0.1) is 6.92 Å². The molecule has 0 fully saturated rings. The van der Waals surface area contributed by atoms with Crippen LogP contribution >= 0.6 is 0 Å². The average Bonchev–Trinajstić information content (AvgIpc) is 3.26. The lowest BCUT2D eigenvalue weighted by molar-refractivity contribution is -0.137. The quantitative estimate of drug-likeness (QED) is 0.751. The summed E-state index contributed by atoms with van der Waals surface area (Å²) in [5.74, 6) is 0.555. The predicted octanol–water partition coefficient (Wildman–Crippen LogP) is 3.25. The van der Waals surface area contributed by atoms with Crippen LogP contribution < -0.4 is 5.32 Å². The van der Waals surface area contributed by atoms with Crippen LogP contribution in [0.15, 0.2) is 41.1 Å². The van der Waals surface area contributed by atoms with Crippen molar-refractivity contribution in [2.24, 2.45) is 0 Å². The molecule has 8 nitrogen and oxygen atoms in total. The lowest BCUT2D eigenvalue weighted by atomic mass is 10.1. The van der Waals surface area contributed by atoms with Crippen molar-refractivity contribution in [2.75, 3.05) is 12.4 Å². The first kappa shape index (κ1) is 18.4. The molecule has 0 unspecified atom stereocenters. The second-order valence-electron chi connectivity index (χ2n) is 5.68. The van der Waals surface area contributed by atoms with E-state index in [0.717, 1.165) is 12.1 Å². The lowest BCUT2D eigenvalue weighted by Gasteiger charge is -2.19. The van der Waals surface area contributed by atoms with Crippen LogP contribution in [0.1, 0.15) is 17.3 Å². The SMILES string of the molecule is Cc1nnc(CN(C)C(=O)Nc2cc(C(F)(F)F)ccc2-n2cccn2)o1. The van der Waals surface area contributed by atoms with Gasteiger partial charge in [-0.25, -0.2) is 9.48 Å². The van der Waals surface area contributed by atoms with Crippen LogP contribution in [0.2, 0.25) is 0 Å². The van der Waals surface area contributed by atoms with Gasteiger partial charge in [0.1, 0.15) is 6.54 Å². The molecule has 1 N–H and O–H groups in total. The maximum atomic E-state index is 13.1. The molecule has 2 aromatic heterocycles. The number of benzene rings is 1. The lowest BCUT2D eigenvalue weighted by Crippen LogP contribution is -2.31. The first-order valence-corrected chi connectivity index (χ1v) is 7.76. The predicted molar refractivity (Wildman–Crippen MR) is 88.1 cm³/mol. The third-order valence-electron chi connectivity index (χ3n) is 3.60. The van der Waals surface area contributed by atoms with Gasteiger partial charge in [0.2, 0.25) is 11.8 Å². The van der Waals surface area contributed by atoms with Gasteiger partial charge in [0.25, 0.3) is 0 Å². The Balaban J connectivity index is 1.86. The van der Waals surface area contributed by atoms with Gasteiger partial charge in [0.15, 0.2) is 0 Å². The van der Waals surface area contributed by atoms with Crippen molar-refractivity contribution in [1.29, 1.82) is 0 Å². The number of alkyl halides is 3. The fourth-order valence-corrected chi connectivity index (χ4v) is 2.31. The number of hydrogen-bond acceptors (Lipinski definition) is 5. The van der Waals surface area contributed by atoms with E-state index >= 15 is 0 Å². The number of amides is 2. The number of carbonyl (C=O) groups excluding carboxylic acids is 1. The number of hydrogen-bond donors (Lipinski definition) is 1. The van der Waals surface area contributed by atoms with Gasteiger partial charge in [-0.15, -0.1) is 10.2 Å². The zero-order valence-corrected chi connectivity index (χ0v) is 14.4. The van der Waals surface area contributed by atoms with E-state index in [1.165, 1.54) is 28.9 Å². The van der Waals surface area contributed by atoms with Crippen molar-refractivity contribution in [3.05, 3.63) is 54.0 Å². The van der Waals surface area contributed by atoms with Crippen LogP contribution in [-0.2, 0) is 12.7 Å². The number of aryl methyl sites for hydroxylation is 1. The van der Waals surface area contributed by atoms with Crippen LogP contribution in [0.25, 0.3) is 5.69 Å². The number of aromatic nitrogens is 4. The van der Waals surface area contributed by atoms with Gasteiger partial charge in [-0.2, -0.15) is 18.3 Å². The van der Waals surface area contributed by atoms with Gasteiger partial charge in [0.05, 0.1) is 16.9 Å². The maximum absolute atomic E-state index is 13.1. The molecular formula is C16H15F3N6O2. The molecule has 142 valence electrons. The number of nitrogens with zero attached hydrogens (tertiary/aromatic N) is 5. The summed E-state index contributed by atoms with van der Waals surface area (Å²) in [6.07, 6.45) is -1.51. The fourth-order valence-electron chi connectivity index (χ4n) is 2.31. The minimum absolute atomic E-state index is 0.00272. The van der Waals surface area contributed by atoms with Crippen LogP contribution in [0.4, 0.5) is 23.7 Å². The van der Waals surface area contributed by atoms with E-state index in [0.29, 0.717) is 11.6 Å². The van der Waals surface area contributed by atoms with Gasteiger partial charge in [-0.05, 0) is 24.3 Å². The molecule has 0 radical (unpaired) electrons. The molecule has 2 heterocycles. The summed E-state index contributed by atoms with van der Waals surface area (Å²) < 4.78 is 45.7. The smallest absolute Gasteiger partial charge is 0.416 e. The Bertz CT molecular complexity index is 936. The summed E-state index contributed by atoms with van der Waals surface area (Å²) in [6.45, 7) is 1.61. The monoisotopic (exact) mass is 380 g/mol. The summed E-state index contributed by atoms with van der Waals surface area (Å²) in [5, 5.41) is 13.9. The summed E-state index contributed by atoms with van der Waals surface area (Å²) in [7, 11) is 1.45. The number of urea groups is 1. The second-order valence-corrected chi connectivity index (χ2v) is 5.68. The number of nitrogens with one attached hydrogen (secondary N) is 1. The highest BCUT2D eigenvalue weighted by molar-refractivity contribution is 5.91. The number of anilines is 1. The molecule has 0 spiro atoms. The van der Waals surface area contributed by atoms with Gasteiger partial charge < -0.3 is 14.6 Å². The molecule has 0 aliphatic heterocycles. The third-order valence-corrected chi connectivity index (χ3v) is 3.60. The first-order chi connectivity index (χ1) is 12.7. The van der Waals surface area contributed by atoms with E-state index in [-0.39, 0.29) is 18.1 Å². The van der Waals surface area contributed by atoms with Crippen LogP contribution in [0.5, 0.6) is 0 Å². The van der Waals surface area contributed by atoms with Crippen LogP contribution in [0.3, 0.4) is 0 Å². The van der Waals surface area contributed by atoms with Crippen molar-refractivity contribution in [1.82, 2.24) is 24.9 Å². The maximum Gasteiger partial charge on any atom is 0.416 e. The van der Waals surface area contributed by atoms with Crippen molar-refractivity contribution < 1.29 is 22.4 Å². The van der Waals surface area contributed by atoms with Gasteiger partial charge >= 0.3 is 12.2 Å². The van der Waals surface area contributed by atoms with Crippen molar-refractivity contribution in [2.45, 2.75) is 19.6 Å². The molecule has 0 aliphatic rings. The van der Waals surface area contributed by atoms with E-state index in [4.69, 9.17) is 4.42 Å². The minimum atomic E-state index is -4.55. The Kier molecular flexibility index (Phi) is 4.84. The van der Waals surface area contributed by atoms with E-state index in [2.05, 4.69) is 20.6 Å². The minimum Gasteiger partial charge on any atom is -0.424 e. The van der Waals surface area contributed by atoms with Gasteiger partial charge in [0, 0.05) is 26.4 Å². The fraction of sp³-hybridized carbons (Fsp3) is 0.250. The molecule has 1 aromatic carbocycles. The van der Waals surface area contributed by atoms with Crippen molar-refractivity contribution in [3.8, 4) is 5.69 Å². The van der Waals surface area contributed by atoms with E-state index in [9.17, 15) is 18.0 Å². The number of halogens is 3. The molecule has 11 heteroatoms.